The molecule has 2 aromatic rings. The SMILES string of the molecule is C=C[C@H]1CN(CCCCCCC)CC[C@H]1CN(C=O)c1ccc2cc(OC)ccc2n1. The van der Waals surface area contributed by atoms with Crippen LogP contribution in [0.2, 0.25) is 0 Å². The van der Waals surface area contributed by atoms with Gasteiger partial charge in [-0.05, 0) is 68.1 Å². The standard InChI is InChI=1S/C26H37N3O2/c1-4-6-7-8-9-15-28-16-14-23(21(5-2)18-28)19-29(20-30)26-13-10-22-17-24(31-3)11-12-25(22)27-26/h5,10-13,17,20-21,23H,2,4,6-9,14-16,18-19H2,1,3H3/t21-,23-/m0/s1. The monoisotopic (exact) mass is 423 g/mol. The lowest BCUT2D eigenvalue weighted by Gasteiger charge is -2.38. The Morgan fingerprint density at radius 2 is 2.06 bits per heavy atom. The second-order valence-corrected chi connectivity index (χ2v) is 8.65. The Morgan fingerprint density at radius 3 is 2.81 bits per heavy atom. The first-order valence-corrected chi connectivity index (χ1v) is 11.7. The van der Waals surface area contributed by atoms with Crippen molar-refractivity contribution in [3.63, 3.8) is 0 Å². The number of aromatic nitrogens is 1. The fourth-order valence-electron chi connectivity index (χ4n) is 4.56. The number of pyridine rings is 1. The van der Waals surface area contributed by atoms with Gasteiger partial charge in [0.05, 0.1) is 12.6 Å². The summed E-state index contributed by atoms with van der Waals surface area (Å²) in [6.45, 7) is 10.3. The fourth-order valence-corrected chi connectivity index (χ4v) is 4.56. The van der Waals surface area contributed by atoms with E-state index in [4.69, 9.17) is 9.72 Å². The van der Waals surface area contributed by atoms with E-state index >= 15 is 0 Å². The van der Waals surface area contributed by atoms with Crippen LogP contribution in [0.3, 0.4) is 0 Å². The number of benzene rings is 1. The first-order chi connectivity index (χ1) is 15.2. The molecule has 1 aliphatic heterocycles. The van der Waals surface area contributed by atoms with E-state index in [0.29, 0.717) is 24.2 Å². The number of carbonyl (C=O) groups excluding carboxylic acids is 1. The molecule has 1 saturated heterocycles. The number of anilines is 1. The third kappa shape index (κ3) is 6.30. The van der Waals surface area contributed by atoms with Gasteiger partial charge in [-0.2, -0.15) is 0 Å². The zero-order valence-corrected chi connectivity index (χ0v) is 19.1. The molecule has 1 fully saturated rings. The molecule has 1 aromatic carbocycles. The second-order valence-electron chi connectivity index (χ2n) is 8.65. The fraction of sp³-hybridized carbons (Fsp3) is 0.538. The summed E-state index contributed by atoms with van der Waals surface area (Å²) in [6, 6.07) is 9.72. The van der Waals surface area contributed by atoms with E-state index in [2.05, 4.69) is 24.5 Å². The number of methoxy groups -OCH3 is 1. The Balaban J connectivity index is 1.60. The minimum Gasteiger partial charge on any atom is -0.497 e. The van der Waals surface area contributed by atoms with Crippen molar-refractivity contribution < 1.29 is 9.53 Å². The van der Waals surface area contributed by atoms with Crippen molar-refractivity contribution >= 4 is 23.1 Å². The minimum atomic E-state index is 0.400. The van der Waals surface area contributed by atoms with Crippen LogP contribution in [0.4, 0.5) is 5.82 Å². The summed E-state index contributed by atoms with van der Waals surface area (Å²) < 4.78 is 5.29. The lowest BCUT2D eigenvalue weighted by Crippen LogP contribution is -2.44. The number of ether oxygens (including phenoxy) is 1. The molecule has 0 spiro atoms. The number of rotatable bonds is 12. The van der Waals surface area contributed by atoms with Gasteiger partial charge in [-0.1, -0.05) is 38.7 Å². The number of fused-ring (bicyclic) bond motifs is 1. The predicted octanol–water partition coefficient (Wildman–Crippen LogP) is 5.30. The lowest BCUT2D eigenvalue weighted by atomic mass is 9.85. The van der Waals surface area contributed by atoms with Crippen LogP contribution in [0, 0.1) is 11.8 Å². The van der Waals surface area contributed by atoms with Gasteiger partial charge in [0.2, 0.25) is 6.41 Å². The molecule has 31 heavy (non-hydrogen) atoms. The van der Waals surface area contributed by atoms with Crippen molar-refractivity contribution in [1.82, 2.24) is 9.88 Å². The van der Waals surface area contributed by atoms with E-state index in [-0.39, 0.29) is 0 Å². The molecular formula is C26H37N3O2. The van der Waals surface area contributed by atoms with E-state index in [9.17, 15) is 4.79 Å². The maximum atomic E-state index is 11.9. The zero-order chi connectivity index (χ0) is 22.1. The van der Waals surface area contributed by atoms with Gasteiger partial charge in [0.1, 0.15) is 11.6 Å². The lowest BCUT2D eigenvalue weighted by molar-refractivity contribution is -0.107. The molecule has 0 radical (unpaired) electrons. The summed E-state index contributed by atoms with van der Waals surface area (Å²) in [5.41, 5.74) is 0.864. The summed E-state index contributed by atoms with van der Waals surface area (Å²) >= 11 is 0. The highest BCUT2D eigenvalue weighted by molar-refractivity contribution is 5.84. The predicted molar refractivity (Wildman–Crippen MR) is 129 cm³/mol. The molecular weight excluding hydrogens is 386 g/mol. The van der Waals surface area contributed by atoms with Crippen LogP contribution in [0.1, 0.15) is 45.4 Å². The summed E-state index contributed by atoms with van der Waals surface area (Å²) in [5.74, 6) is 2.32. The van der Waals surface area contributed by atoms with Gasteiger partial charge in [-0.15, -0.1) is 6.58 Å². The highest BCUT2D eigenvalue weighted by Crippen LogP contribution is 2.28. The molecule has 168 valence electrons. The van der Waals surface area contributed by atoms with E-state index in [1.807, 2.05) is 30.3 Å². The van der Waals surface area contributed by atoms with Crippen LogP contribution in [0.25, 0.3) is 10.9 Å². The highest BCUT2D eigenvalue weighted by Gasteiger charge is 2.29. The van der Waals surface area contributed by atoms with Crippen LogP contribution in [-0.4, -0.2) is 49.6 Å². The molecule has 0 aliphatic carbocycles. The van der Waals surface area contributed by atoms with Crippen LogP contribution in [0.5, 0.6) is 5.75 Å². The summed E-state index contributed by atoms with van der Waals surface area (Å²) in [6.07, 6.45) is 10.7. The average molecular weight is 424 g/mol. The third-order valence-corrected chi connectivity index (χ3v) is 6.51. The number of nitrogens with zero attached hydrogens (tertiary/aromatic N) is 3. The molecule has 1 aromatic heterocycles. The summed E-state index contributed by atoms with van der Waals surface area (Å²) in [5, 5.41) is 1.00. The van der Waals surface area contributed by atoms with Crippen molar-refractivity contribution in [2.75, 3.05) is 38.2 Å². The largest absolute Gasteiger partial charge is 0.497 e. The Bertz CT molecular complexity index is 854. The van der Waals surface area contributed by atoms with Crippen LogP contribution < -0.4 is 9.64 Å². The molecule has 0 bridgehead atoms. The second kappa shape index (κ2) is 11.8. The van der Waals surface area contributed by atoms with Crippen molar-refractivity contribution in [1.29, 1.82) is 0 Å². The highest BCUT2D eigenvalue weighted by atomic mass is 16.5. The Morgan fingerprint density at radius 1 is 1.23 bits per heavy atom. The van der Waals surface area contributed by atoms with E-state index in [0.717, 1.165) is 42.6 Å². The van der Waals surface area contributed by atoms with E-state index in [1.54, 1.807) is 12.0 Å². The van der Waals surface area contributed by atoms with Crippen LogP contribution >= 0.6 is 0 Å². The Kier molecular flexibility index (Phi) is 8.89. The molecule has 3 rings (SSSR count). The van der Waals surface area contributed by atoms with Crippen molar-refractivity contribution in [3.05, 3.63) is 43.0 Å². The van der Waals surface area contributed by atoms with Gasteiger partial charge in [-0.3, -0.25) is 9.69 Å². The number of carbonyl (C=O) groups is 1. The molecule has 0 saturated carbocycles. The normalized spacial score (nSPS) is 19.3. The topological polar surface area (TPSA) is 45.7 Å². The maximum absolute atomic E-state index is 11.9. The van der Waals surface area contributed by atoms with Gasteiger partial charge in [-0.25, -0.2) is 4.98 Å². The van der Waals surface area contributed by atoms with E-state index < -0.39 is 0 Å². The Labute approximate surface area is 187 Å². The summed E-state index contributed by atoms with van der Waals surface area (Å²) in [4.78, 5) is 21.0. The Hall–Kier alpha value is -2.40. The quantitative estimate of drug-likeness (QED) is 0.264. The minimum absolute atomic E-state index is 0.400. The smallest absolute Gasteiger partial charge is 0.215 e. The molecule has 2 atom stereocenters. The number of piperidine rings is 1. The third-order valence-electron chi connectivity index (χ3n) is 6.51. The molecule has 1 aliphatic rings. The van der Waals surface area contributed by atoms with Crippen LogP contribution in [0.15, 0.2) is 43.0 Å². The maximum Gasteiger partial charge on any atom is 0.215 e. The molecule has 0 unspecified atom stereocenters. The first kappa shape index (κ1) is 23.3. The number of hydrogen-bond donors (Lipinski definition) is 0. The van der Waals surface area contributed by atoms with Gasteiger partial charge in [0.25, 0.3) is 0 Å². The van der Waals surface area contributed by atoms with Gasteiger partial charge >= 0.3 is 0 Å². The molecule has 0 N–H and O–H groups in total. The van der Waals surface area contributed by atoms with Crippen molar-refractivity contribution in [3.8, 4) is 5.75 Å². The van der Waals surface area contributed by atoms with Gasteiger partial charge in [0, 0.05) is 18.5 Å². The van der Waals surface area contributed by atoms with Crippen molar-refractivity contribution in [2.45, 2.75) is 45.4 Å². The zero-order valence-electron chi connectivity index (χ0n) is 19.1. The average Bonchev–Trinajstić information content (AvgIpc) is 2.82. The molecule has 1 amide bonds. The van der Waals surface area contributed by atoms with E-state index in [1.165, 1.54) is 38.6 Å². The number of unbranched alkanes of at least 4 members (excludes halogenated alkanes) is 4. The summed E-state index contributed by atoms with van der Waals surface area (Å²) in [7, 11) is 1.66. The first-order valence-electron chi connectivity index (χ1n) is 11.7. The number of hydrogen-bond acceptors (Lipinski definition) is 4. The molecule has 5 heteroatoms. The number of likely N-dealkylation sites (tertiary alicyclic amines) is 1. The van der Waals surface area contributed by atoms with Gasteiger partial charge in [0.15, 0.2) is 0 Å². The number of amides is 1. The van der Waals surface area contributed by atoms with Crippen molar-refractivity contribution in [2.24, 2.45) is 11.8 Å². The van der Waals surface area contributed by atoms with Crippen LogP contribution in [-0.2, 0) is 4.79 Å². The molecule has 5 nitrogen and oxygen atoms in total. The van der Waals surface area contributed by atoms with Gasteiger partial charge < -0.3 is 9.64 Å². The molecule has 2 heterocycles.